The maximum absolute atomic E-state index is 12.6. The van der Waals surface area contributed by atoms with Crippen LogP contribution < -0.4 is 19.5 Å². The zero-order valence-corrected chi connectivity index (χ0v) is 14.1. The molecule has 128 valence electrons. The van der Waals surface area contributed by atoms with Crippen molar-refractivity contribution >= 4 is 34.1 Å². The highest BCUT2D eigenvalue weighted by molar-refractivity contribution is 6.34. The van der Waals surface area contributed by atoms with Crippen molar-refractivity contribution in [1.82, 2.24) is 4.98 Å². The first-order chi connectivity index (χ1) is 12.1. The summed E-state index contributed by atoms with van der Waals surface area (Å²) in [6, 6.07) is 10.6. The zero-order valence-electron chi connectivity index (χ0n) is 13.4. The second kappa shape index (κ2) is 6.22. The molecule has 0 unspecified atom stereocenters. The lowest BCUT2D eigenvalue weighted by Crippen LogP contribution is -2.17. The number of rotatable bonds is 3. The van der Waals surface area contributed by atoms with Crippen LogP contribution in [0.2, 0.25) is 5.02 Å². The van der Waals surface area contributed by atoms with Crippen LogP contribution in [0.25, 0.3) is 10.9 Å². The number of carbonyl (C=O) groups is 1. The number of amides is 1. The molecule has 1 aliphatic rings. The van der Waals surface area contributed by atoms with E-state index in [0.717, 1.165) is 16.7 Å². The molecular weight excluding hydrogens is 344 g/mol. The van der Waals surface area contributed by atoms with Gasteiger partial charge in [-0.05, 0) is 18.2 Å². The number of methoxy groups -OCH3 is 1. The molecule has 1 amide bonds. The summed E-state index contributed by atoms with van der Waals surface area (Å²) in [5.74, 6) is 1.56. The molecule has 2 N–H and O–H groups in total. The molecular formula is C18H15ClN2O4. The number of aromatic nitrogens is 1. The predicted octanol–water partition coefficient (Wildman–Crippen LogP) is 3.85. The molecule has 0 aliphatic carbocycles. The summed E-state index contributed by atoms with van der Waals surface area (Å²) in [6.07, 6.45) is 0. The molecule has 1 aromatic heterocycles. The Kier molecular flexibility index (Phi) is 3.89. The van der Waals surface area contributed by atoms with Gasteiger partial charge in [-0.15, -0.1) is 0 Å². The van der Waals surface area contributed by atoms with E-state index in [0.29, 0.717) is 41.1 Å². The van der Waals surface area contributed by atoms with Gasteiger partial charge < -0.3 is 24.5 Å². The van der Waals surface area contributed by atoms with Gasteiger partial charge in [-0.3, -0.25) is 4.79 Å². The third kappa shape index (κ3) is 2.96. The molecule has 2 heterocycles. The maximum atomic E-state index is 12.6. The average molecular weight is 359 g/mol. The van der Waals surface area contributed by atoms with Crippen molar-refractivity contribution < 1.29 is 19.0 Å². The van der Waals surface area contributed by atoms with E-state index in [-0.39, 0.29) is 5.91 Å². The highest BCUT2D eigenvalue weighted by Gasteiger charge is 2.17. The number of ether oxygens (including phenoxy) is 3. The first-order valence-corrected chi connectivity index (χ1v) is 8.09. The molecule has 0 radical (unpaired) electrons. The number of H-pyrrole nitrogens is 1. The van der Waals surface area contributed by atoms with Gasteiger partial charge in [0, 0.05) is 29.1 Å². The Morgan fingerprint density at radius 3 is 2.68 bits per heavy atom. The number of halogens is 1. The molecule has 6 nitrogen and oxygen atoms in total. The van der Waals surface area contributed by atoms with Crippen LogP contribution in [0.4, 0.5) is 5.69 Å². The highest BCUT2D eigenvalue weighted by atomic mass is 35.5. The second-order valence-corrected chi connectivity index (χ2v) is 5.97. The lowest BCUT2D eigenvalue weighted by Gasteiger charge is -2.19. The van der Waals surface area contributed by atoms with Crippen molar-refractivity contribution in [3.05, 3.63) is 47.1 Å². The fourth-order valence-electron chi connectivity index (χ4n) is 2.70. The van der Waals surface area contributed by atoms with Crippen LogP contribution in [-0.4, -0.2) is 31.2 Å². The zero-order chi connectivity index (χ0) is 17.4. The Hall–Kier alpha value is -2.86. The van der Waals surface area contributed by atoms with E-state index >= 15 is 0 Å². The van der Waals surface area contributed by atoms with Crippen LogP contribution in [0.3, 0.4) is 0 Å². The van der Waals surface area contributed by atoms with E-state index in [9.17, 15) is 4.79 Å². The molecule has 2 aromatic carbocycles. The summed E-state index contributed by atoms with van der Waals surface area (Å²) in [6.45, 7) is 0.944. The third-order valence-electron chi connectivity index (χ3n) is 3.95. The smallest absolute Gasteiger partial charge is 0.272 e. The molecule has 0 spiro atoms. The maximum Gasteiger partial charge on any atom is 0.272 e. The second-order valence-electron chi connectivity index (χ2n) is 5.57. The lowest BCUT2D eigenvalue weighted by molar-refractivity contribution is 0.102. The summed E-state index contributed by atoms with van der Waals surface area (Å²) in [5, 5.41) is 4.10. The minimum Gasteiger partial charge on any atom is -0.497 e. The van der Waals surface area contributed by atoms with Crippen molar-refractivity contribution in [1.29, 1.82) is 0 Å². The Morgan fingerprint density at radius 2 is 1.92 bits per heavy atom. The Morgan fingerprint density at radius 1 is 1.16 bits per heavy atom. The van der Waals surface area contributed by atoms with Crippen molar-refractivity contribution in [3.8, 4) is 17.2 Å². The Balaban J connectivity index is 1.61. The monoisotopic (exact) mass is 358 g/mol. The fourth-order valence-corrected chi connectivity index (χ4v) is 2.91. The van der Waals surface area contributed by atoms with Gasteiger partial charge in [0.1, 0.15) is 24.7 Å². The molecule has 0 atom stereocenters. The van der Waals surface area contributed by atoms with Crippen molar-refractivity contribution in [2.45, 2.75) is 0 Å². The number of carbonyl (C=O) groups excluding carboxylic acids is 1. The number of hydrogen-bond acceptors (Lipinski definition) is 4. The molecule has 0 fully saturated rings. The Labute approximate surface area is 148 Å². The number of benzene rings is 2. The van der Waals surface area contributed by atoms with Crippen molar-refractivity contribution in [2.24, 2.45) is 0 Å². The van der Waals surface area contributed by atoms with Gasteiger partial charge in [0.05, 0.1) is 17.8 Å². The minimum absolute atomic E-state index is 0.297. The largest absolute Gasteiger partial charge is 0.497 e. The van der Waals surface area contributed by atoms with Crippen LogP contribution in [0.15, 0.2) is 36.4 Å². The first-order valence-electron chi connectivity index (χ1n) is 7.71. The highest BCUT2D eigenvalue weighted by Crippen LogP contribution is 2.38. The van der Waals surface area contributed by atoms with E-state index in [1.54, 1.807) is 25.3 Å². The molecule has 7 heteroatoms. The van der Waals surface area contributed by atoms with Crippen molar-refractivity contribution in [2.75, 3.05) is 25.6 Å². The Bertz CT molecular complexity index is 967. The van der Waals surface area contributed by atoms with Crippen LogP contribution in [0.1, 0.15) is 10.5 Å². The van der Waals surface area contributed by atoms with E-state index in [1.165, 1.54) is 0 Å². The van der Waals surface area contributed by atoms with E-state index in [1.807, 2.05) is 18.2 Å². The van der Waals surface area contributed by atoms with E-state index < -0.39 is 0 Å². The summed E-state index contributed by atoms with van der Waals surface area (Å²) < 4.78 is 16.2. The number of aromatic amines is 1. The third-order valence-corrected chi connectivity index (χ3v) is 4.27. The van der Waals surface area contributed by atoms with Gasteiger partial charge in [-0.2, -0.15) is 0 Å². The molecule has 0 saturated heterocycles. The fraction of sp³-hybridized carbons (Fsp3) is 0.167. The number of nitrogens with one attached hydrogen (secondary N) is 2. The van der Waals surface area contributed by atoms with Crippen LogP contribution >= 0.6 is 11.6 Å². The van der Waals surface area contributed by atoms with Crippen LogP contribution in [-0.2, 0) is 0 Å². The molecule has 4 rings (SSSR count). The molecule has 1 aliphatic heterocycles. The van der Waals surface area contributed by atoms with Gasteiger partial charge >= 0.3 is 0 Å². The van der Waals surface area contributed by atoms with Gasteiger partial charge in [0.2, 0.25) is 0 Å². The number of fused-ring (bicyclic) bond motifs is 2. The van der Waals surface area contributed by atoms with Gasteiger partial charge in [0.15, 0.2) is 11.5 Å². The summed E-state index contributed by atoms with van der Waals surface area (Å²) >= 11 is 6.23. The summed E-state index contributed by atoms with van der Waals surface area (Å²) in [4.78, 5) is 15.6. The topological polar surface area (TPSA) is 72.6 Å². The minimum atomic E-state index is -0.297. The normalized spacial score (nSPS) is 12.9. The van der Waals surface area contributed by atoms with Crippen LogP contribution in [0, 0.1) is 0 Å². The summed E-state index contributed by atoms with van der Waals surface area (Å²) in [5.41, 5.74) is 1.71. The first kappa shape index (κ1) is 15.7. The van der Waals surface area contributed by atoms with Crippen LogP contribution in [0.5, 0.6) is 17.2 Å². The molecule has 0 saturated carbocycles. The predicted molar refractivity (Wildman–Crippen MR) is 95.2 cm³/mol. The molecule has 0 bridgehead atoms. The quantitative estimate of drug-likeness (QED) is 0.745. The number of hydrogen-bond donors (Lipinski definition) is 2. The van der Waals surface area contributed by atoms with Crippen molar-refractivity contribution in [3.63, 3.8) is 0 Å². The van der Waals surface area contributed by atoms with Gasteiger partial charge in [-0.1, -0.05) is 11.6 Å². The van der Waals surface area contributed by atoms with Gasteiger partial charge in [-0.25, -0.2) is 0 Å². The van der Waals surface area contributed by atoms with E-state index in [4.69, 9.17) is 25.8 Å². The van der Waals surface area contributed by atoms with Gasteiger partial charge in [0.25, 0.3) is 5.91 Å². The average Bonchev–Trinajstić information content (AvgIpc) is 3.05. The van der Waals surface area contributed by atoms with E-state index in [2.05, 4.69) is 10.3 Å². The lowest BCUT2D eigenvalue weighted by atomic mass is 10.2. The number of anilines is 1. The standard InChI is InChI=1S/C18H15ClN2O4/c1-23-11-3-2-10-6-15(20-13(10)7-11)18(22)21-14-9-17-16(8-12(14)19)24-4-5-25-17/h2-3,6-9,20H,4-5H2,1H3,(H,21,22). The molecule has 3 aromatic rings. The SMILES string of the molecule is COc1ccc2cc(C(=O)Nc3cc4c(cc3Cl)OCCO4)[nH]c2c1. The molecule has 25 heavy (non-hydrogen) atoms. The summed E-state index contributed by atoms with van der Waals surface area (Å²) in [7, 11) is 1.60.